The molecular formula is C24H28N4O5. The molecule has 0 saturated carbocycles. The number of hydrazine groups is 1. The lowest BCUT2D eigenvalue weighted by molar-refractivity contribution is -0.130. The lowest BCUT2D eigenvalue weighted by atomic mass is 10.0. The molecule has 1 heterocycles. The Morgan fingerprint density at radius 1 is 0.970 bits per heavy atom. The van der Waals surface area contributed by atoms with E-state index < -0.39 is 17.9 Å². The summed E-state index contributed by atoms with van der Waals surface area (Å²) < 4.78 is 10.4. The van der Waals surface area contributed by atoms with Crippen LogP contribution in [0.2, 0.25) is 0 Å². The molecule has 3 amide bonds. The number of aromatic amines is 1. The summed E-state index contributed by atoms with van der Waals surface area (Å²) in [6.45, 7) is 3.59. The predicted octanol–water partition coefficient (Wildman–Crippen LogP) is 2.33. The van der Waals surface area contributed by atoms with E-state index in [1.807, 2.05) is 24.3 Å². The van der Waals surface area contributed by atoms with Crippen LogP contribution >= 0.6 is 0 Å². The normalized spacial score (nSPS) is 11.7. The molecule has 0 fully saturated rings. The molecule has 0 aliphatic carbocycles. The zero-order chi connectivity index (χ0) is 24.0. The molecule has 1 atom stereocenters. The third-order valence-electron chi connectivity index (χ3n) is 5.20. The van der Waals surface area contributed by atoms with Gasteiger partial charge in [-0.1, -0.05) is 32.0 Å². The Kier molecular flexibility index (Phi) is 7.55. The number of H-pyrrole nitrogens is 1. The first-order valence-corrected chi connectivity index (χ1v) is 10.5. The molecule has 2 aromatic carbocycles. The summed E-state index contributed by atoms with van der Waals surface area (Å²) in [7, 11) is 2.97. The Morgan fingerprint density at radius 2 is 1.64 bits per heavy atom. The van der Waals surface area contributed by atoms with Gasteiger partial charge < -0.3 is 19.8 Å². The van der Waals surface area contributed by atoms with Crippen molar-refractivity contribution in [1.82, 2.24) is 21.2 Å². The van der Waals surface area contributed by atoms with E-state index in [0.717, 1.165) is 16.5 Å². The van der Waals surface area contributed by atoms with Gasteiger partial charge in [-0.2, -0.15) is 0 Å². The molecule has 0 unspecified atom stereocenters. The number of benzene rings is 2. The second-order valence-corrected chi connectivity index (χ2v) is 7.87. The average Bonchev–Trinajstić information content (AvgIpc) is 3.22. The van der Waals surface area contributed by atoms with E-state index in [4.69, 9.17) is 9.47 Å². The quantitative estimate of drug-likeness (QED) is 0.391. The number of ether oxygens (including phenoxy) is 2. The number of amides is 3. The van der Waals surface area contributed by atoms with Gasteiger partial charge in [-0.05, 0) is 29.7 Å². The first-order valence-electron chi connectivity index (χ1n) is 10.5. The summed E-state index contributed by atoms with van der Waals surface area (Å²) >= 11 is 0. The maximum absolute atomic E-state index is 12.8. The van der Waals surface area contributed by atoms with Crippen molar-refractivity contribution >= 4 is 28.6 Å². The minimum absolute atomic E-state index is 0.0899. The van der Waals surface area contributed by atoms with Crippen LogP contribution in [0.5, 0.6) is 11.5 Å². The molecule has 33 heavy (non-hydrogen) atoms. The largest absolute Gasteiger partial charge is 0.497 e. The molecule has 0 aliphatic heterocycles. The third kappa shape index (κ3) is 5.82. The van der Waals surface area contributed by atoms with Gasteiger partial charge in [0, 0.05) is 28.7 Å². The topological polar surface area (TPSA) is 122 Å². The van der Waals surface area contributed by atoms with Crippen molar-refractivity contribution < 1.29 is 23.9 Å². The minimum atomic E-state index is -0.872. The Hall–Kier alpha value is -4.01. The van der Waals surface area contributed by atoms with Gasteiger partial charge in [0.1, 0.15) is 17.5 Å². The number of fused-ring (bicyclic) bond motifs is 1. The van der Waals surface area contributed by atoms with Crippen LogP contribution in [0.3, 0.4) is 0 Å². The molecule has 9 heteroatoms. The lowest BCUT2D eigenvalue weighted by Crippen LogP contribution is -2.54. The molecule has 3 rings (SSSR count). The van der Waals surface area contributed by atoms with Gasteiger partial charge in [-0.25, -0.2) is 0 Å². The molecule has 3 aromatic rings. The van der Waals surface area contributed by atoms with E-state index in [0.29, 0.717) is 11.5 Å². The highest BCUT2D eigenvalue weighted by atomic mass is 16.5. The second kappa shape index (κ2) is 10.5. The first-order chi connectivity index (χ1) is 15.8. The lowest BCUT2D eigenvalue weighted by Gasteiger charge is -2.22. The molecule has 174 valence electrons. The molecule has 0 radical (unpaired) electrons. The van der Waals surface area contributed by atoms with E-state index in [2.05, 4.69) is 21.2 Å². The van der Waals surface area contributed by atoms with E-state index in [9.17, 15) is 14.4 Å². The summed E-state index contributed by atoms with van der Waals surface area (Å²) in [4.78, 5) is 41.0. The summed E-state index contributed by atoms with van der Waals surface area (Å²) in [6, 6.07) is 11.5. The smallest absolute Gasteiger partial charge is 0.261 e. The predicted molar refractivity (Wildman–Crippen MR) is 124 cm³/mol. The zero-order valence-corrected chi connectivity index (χ0v) is 19.0. The van der Waals surface area contributed by atoms with Crippen LogP contribution < -0.4 is 25.6 Å². The number of carbonyl (C=O) groups excluding carboxylic acids is 3. The molecule has 1 aromatic heterocycles. The number of rotatable bonds is 8. The van der Waals surface area contributed by atoms with Crippen molar-refractivity contribution in [3.63, 3.8) is 0 Å². The highest BCUT2D eigenvalue weighted by molar-refractivity contribution is 5.98. The Balaban J connectivity index is 1.62. The van der Waals surface area contributed by atoms with Gasteiger partial charge in [0.05, 0.1) is 20.6 Å². The molecular weight excluding hydrogens is 424 g/mol. The minimum Gasteiger partial charge on any atom is -0.497 e. The summed E-state index contributed by atoms with van der Waals surface area (Å²) in [6.07, 6.45) is 1.86. The molecule has 0 spiro atoms. The van der Waals surface area contributed by atoms with Gasteiger partial charge in [0.2, 0.25) is 5.91 Å². The first kappa shape index (κ1) is 23.6. The van der Waals surface area contributed by atoms with Crippen molar-refractivity contribution in [1.29, 1.82) is 0 Å². The van der Waals surface area contributed by atoms with E-state index in [1.165, 1.54) is 14.2 Å². The van der Waals surface area contributed by atoms with Crippen LogP contribution in [-0.4, -0.2) is 43.0 Å². The second-order valence-electron chi connectivity index (χ2n) is 7.87. The number of nitrogens with one attached hydrogen (secondary N) is 4. The number of aromatic nitrogens is 1. The van der Waals surface area contributed by atoms with Crippen molar-refractivity contribution in [2.75, 3.05) is 14.2 Å². The van der Waals surface area contributed by atoms with Crippen LogP contribution in [0.4, 0.5) is 0 Å². The van der Waals surface area contributed by atoms with Gasteiger partial charge in [0.25, 0.3) is 11.8 Å². The van der Waals surface area contributed by atoms with Gasteiger partial charge in [-0.15, -0.1) is 0 Å². The Labute approximate surface area is 191 Å². The summed E-state index contributed by atoms with van der Waals surface area (Å²) in [5, 5.41) is 3.65. The zero-order valence-electron chi connectivity index (χ0n) is 19.0. The van der Waals surface area contributed by atoms with Crippen LogP contribution in [-0.2, 0) is 16.0 Å². The van der Waals surface area contributed by atoms with Gasteiger partial charge in [-0.3, -0.25) is 25.2 Å². The highest BCUT2D eigenvalue weighted by Crippen LogP contribution is 2.22. The van der Waals surface area contributed by atoms with Crippen LogP contribution in [0.1, 0.15) is 29.8 Å². The van der Waals surface area contributed by atoms with E-state index >= 15 is 0 Å². The van der Waals surface area contributed by atoms with Crippen LogP contribution in [0.25, 0.3) is 10.9 Å². The maximum atomic E-state index is 12.8. The third-order valence-corrected chi connectivity index (χ3v) is 5.20. The number of para-hydroxylation sites is 1. The van der Waals surface area contributed by atoms with E-state index in [-0.39, 0.29) is 23.8 Å². The fourth-order valence-corrected chi connectivity index (χ4v) is 3.40. The van der Waals surface area contributed by atoms with Crippen molar-refractivity contribution in [3.05, 3.63) is 59.8 Å². The number of methoxy groups -OCH3 is 2. The SMILES string of the molecule is COc1cc(OC)cc(C(=O)N[C@H](C(=O)NNC(=O)Cc2c[nH]c3ccccc23)C(C)C)c1. The fraction of sp³-hybridized carbons (Fsp3) is 0.292. The highest BCUT2D eigenvalue weighted by Gasteiger charge is 2.25. The summed E-state index contributed by atoms with van der Waals surface area (Å²) in [5.41, 5.74) is 6.87. The van der Waals surface area contributed by atoms with Crippen molar-refractivity contribution in [2.24, 2.45) is 5.92 Å². The molecule has 9 nitrogen and oxygen atoms in total. The monoisotopic (exact) mass is 452 g/mol. The van der Waals surface area contributed by atoms with Gasteiger partial charge >= 0.3 is 0 Å². The molecule has 4 N–H and O–H groups in total. The standard InChI is InChI=1S/C24H28N4O5/c1-14(2)22(26-23(30)15-9-17(32-3)12-18(10-15)33-4)24(31)28-27-21(29)11-16-13-25-20-8-6-5-7-19(16)20/h5-10,12-14,22,25H,11H2,1-4H3,(H,26,30)(H,27,29)(H,28,31)/t22-/m0/s1. The molecule has 0 aliphatic rings. The Morgan fingerprint density at radius 3 is 2.27 bits per heavy atom. The summed E-state index contributed by atoms with van der Waals surface area (Å²) in [5.74, 6) is -0.692. The average molecular weight is 453 g/mol. The van der Waals surface area contributed by atoms with E-state index in [1.54, 1.807) is 38.2 Å². The molecule has 0 saturated heterocycles. The van der Waals surface area contributed by atoms with Crippen molar-refractivity contribution in [2.45, 2.75) is 26.3 Å². The number of hydrogen-bond acceptors (Lipinski definition) is 5. The maximum Gasteiger partial charge on any atom is 0.261 e. The fourth-order valence-electron chi connectivity index (χ4n) is 3.40. The number of carbonyl (C=O) groups is 3. The number of hydrogen-bond donors (Lipinski definition) is 4. The van der Waals surface area contributed by atoms with Gasteiger partial charge in [0.15, 0.2) is 0 Å². The van der Waals surface area contributed by atoms with Crippen LogP contribution in [0, 0.1) is 5.92 Å². The Bertz CT molecular complexity index is 1130. The van der Waals surface area contributed by atoms with Crippen molar-refractivity contribution in [3.8, 4) is 11.5 Å². The van der Waals surface area contributed by atoms with Crippen LogP contribution in [0.15, 0.2) is 48.7 Å². The molecule has 0 bridgehead atoms.